The Labute approximate surface area is 110 Å². The van der Waals surface area contributed by atoms with Crippen LogP contribution in [0.2, 0.25) is 0 Å². The van der Waals surface area contributed by atoms with E-state index in [9.17, 15) is 4.79 Å². The van der Waals surface area contributed by atoms with Crippen LogP contribution < -0.4 is 0 Å². The highest BCUT2D eigenvalue weighted by molar-refractivity contribution is 5.84. The number of aryl methyl sites for hydroxylation is 2. The highest BCUT2D eigenvalue weighted by atomic mass is 16.1. The Hall–Kier alpha value is -1.11. The van der Waals surface area contributed by atoms with Crippen LogP contribution in [0.1, 0.15) is 42.4 Å². The Bertz CT molecular complexity index is 454. The predicted octanol–water partition coefficient (Wildman–Crippen LogP) is 3.85. The van der Waals surface area contributed by atoms with Gasteiger partial charge in [-0.25, -0.2) is 0 Å². The van der Waals surface area contributed by atoms with E-state index in [-0.39, 0.29) is 0 Å². The van der Waals surface area contributed by atoms with Crippen LogP contribution in [0.3, 0.4) is 0 Å². The van der Waals surface area contributed by atoms with E-state index in [0.29, 0.717) is 24.0 Å². The number of benzene rings is 1. The Kier molecular flexibility index (Phi) is 3.01. The van der Waals surface area contributed by atoms with Crippen LogP contribution in [-0.2, 0) is 11.2 Å². The Morgan fingerprint density at radius 1 is 1.11 bits per heavy atom. The fourth-order valence-electron chi connectivity index (χ4n) is 4.14. The molecule has 96 valence electrons. The fourth-order valence-corrected chi connectivity index (χ4v) is 4.14. The molecular formula is C17H22O. The molecule has 3 unspecified atom stereocenters. The van der Waals surface area contributed by atoms with Gasteiger partial charge in [0.25, 0.3) is 0 Å². The maximum atomic E-state index is 12.4. The number of hydrogen-bond acceptors (Lipinski definition) is 1. The molecule has 1 aromatic carbocycles. The zero-order valence-corrected chi connectivity index (χ0v) is 11.4. The lowest BCUT2D eigenvalue weighted by Crippen LogP contribution is -2.22. The maximum absolute atomic E-state index is 12.4. The SMILES string of the molecule is Cc1cc(C)cc(CC(=O)C2CC3CCC2C3)c1. The van der Waals surface area contributed by atoms with Crippen LogP contribution in [0, 0.1) is 31.6 Å². The van der Waals surface area contributed by atoms with Gasteiger partial charge in [0.1, 0.15) is 5.78 Å². The lowest BCUT2D eigenvalue weighted by Gasteiger charge is -2.20. The molecule has 1 heteroatoms. The molecule has 2 aliphatic rings. The number of hydrogen-bond donors (Lipinski definition) is 0. The van der Waals surface area contributed by atoms with Crippen molar-refractivity contribution in [3.63, 3.8) is 0 Å². The first-order valence-corrected chi connectivity index (χ1v) is 7.21. The molecule has 2 aliphatic carbocycles. The summed E-state index contributed by atoms with van der Waals surface area (Å²) in [6.45, 7) is 4.22. The number of carbonyl (C=O) groups excluding carboxylic acids is 1. The molecule has 0 amide bonds. The van der Waals surface area contributed by atoms with Crippen molar-refractivity contribution in [2.45, 2.75) is 46.0 Å². The molecule has 1 nitrogen and oxygen atoms in total. The second-order valence-corrected chi connectivity index (χ2v) is 6.42. The van der Waals surface area contributed by atoms with Crippen LogP contribution in [0.25, 0.3) is 0 Å². The minimum atomic E-state index is 0.379. The topological polar surface area (TPSA) is 17.1 Å². The number of carbonyl (C=O) groups is 1. The van der Waals surface area contributed by atoms with E-state index in [1.54, 1.807) is 0 Å². The van der Waals surface area contributed by atoms with Gasteiger partial charge in [0.2, 0.25) is 0 Å². The molecule has 18 heavy (non-hydrogen) atoms. The molecule has 0 heterocycles. The van der Waals surface area contributed by atoms with E-state index < -0.39 is 0 Å². The normalized spacial score (nSPS) is 29.8. The lowest BCUT2D eigenvalue weighted by atomic mass is 9.83. The zero-order chi connectivity index (χ0) is 12.7. The first-order chi connectivity index (χ1) is 8.61. The Morgan fingerprint density at radius 2 is 1.83 bits per heavy atom. The zero-order valence-electron chi connectivity index (χ0n) is 11.4. The molecule has 2 fully saturated rings. The Balaban J connectivity index is 1.70. The molecular weight excluding hydrogens is 220 g/mol. The summed E-state index contributed by atoms with van der Waals surface area (Å²) in [5, 5.41) is 0. The first-order valence-electron chi connectivity index (χ1n) is 7.21. The van der Waals surface area contributed by atoms with Crippen molar-refractivity contribution in [2.75, 3.05) is 0 Å². The van der Waals surface area contributed by atoms with Gasteiger partial charge in [-0.15, -0.1) is 0 Å². The van der Waals surface area contributed by atoms with Gasteiger partial charge in [-0.3, -0.25) is 4.79 Å². The van der Waals surface area contributed by atoms with Gasteiger partial charge in [-0.05, 0) is 50.5 Å². The monoisotopic (exact) mass is 242 g/mol. The minimum absolute atomic E-state index is 0.379. The molecule has 0 spiro atoms. The van der Waals surface area contributed by atoms with Gasteiger partial charge >= 0.3 is 0 Å². The number of ketones is 1. The van der Waals surface area contributed by atoms with Crippen molar-refractivity contribution >= 4 is 5.78 Å². The summed E-state index contributed by atoms with van der Waals surface area (Å²) >= 11 is 0. The summed E-state index contributed by atoms with van der Waals surface area (Å²) in [7, 11) is 0. The second kappa shape index (κ2) is 4.53. The molecule has 1 aromatic rings. The highest BCUT2D eigenvalue weighted by Gasteiger charge is 2.42. The number of Topliss-reactive ketones (excluding diaryl/α,β-unsaturated/α-hetero) is 1. The van der Waals surface area contributed by atoms with Gasteiger partial charge in [-0.1, -0.05) is 35.7 Å². The molecule has 3 atom stereocenters. The van der Waals surface area contributed by atoms with Crippen molar-refractivity contribution < 1.29 is 4.79 Å². The fraction of sp³-hybridized carbons (Fsp3) is 0.588. The van der Waals surface area contributed by atoms with Crippen molar-refractivity contribution in [3.05, 3.63) is 34.9 Å². The molecule has 2 saturated carbocycles. The molecule has 2 bridgehead atoms. The largest absolute Gasteiger partial charge is 0.299 e. The van der Waals surface area contributed by atoms with Crippen molar-refractivity contribution in [1.82, 2.24) is 0 Å². The summed E-state index contributed by atoms with van der Waals surface area (Å²) in [6.07, 6.45) is 5.82. The van der Waals surface area contributed by atoms with E-state index in [0.717, 1.165) is 5.92 Å². The predicted molar refractivity (Wildman–Crippen MR) is 73.6 cm³/mol. The van der Waals surface area contributed by atoms with Crippen LogP contribution in [-0.4, -0.2) is 5.78 Å². The second-order valence-electron chi connectivity index (χ2n) is 6.42. The van der Waals surface area contributed by atoms with Crippen molar-refractivity contribution in [1.29, 1.82) is 0 Å². The van der Waals surface area contributed by atoms with E-state index in [2.05, 4.69) is 32.0 Å². The van der Waals surface area contributed by atoms with Crippen LogP contribution in [0.15, 0.2) is 18.2 Å². The van der Waals surface area contributed by atoms with Crippen LogP contribution in [0.4, 0.5) is 0 Å². The molecule has 3 rings (SSSR count). The Morgan fingerprint density at radius 3 is 2.39 bits per heavy atom. The van der Waals surface area contributed by atoms with E-state index in [4.69, 9.17) is 0 Å². The van der Waals surface area contributed by atoms with Crippen LogP contribution in [0.5, 0.6) is 0 Å². The smallest absolute Gasteiger partial charge is 0.140 e. The average molecular weight is 242 g/mol. The third-order valence-electron chi connectivity index (χ3n) is 4.81. The maximum Gasteiger partial charge on any atom is 0.140 e. The summed E-state index contributed by atoms with van der Waals surface area (Å²) in [6, 6.07) is 6.50. The average Bonchev–Trinajstić information content (AvgIpc) is 2.88. The summed E-state index contributed by atoms with van der Waals surface area (Å²) in [5.41, 5.74) is 3.75. The minimum Gasteiger partial charge on any atom is -0.299 e. The van der Waals surface area contributed by atoms with Crippen molar-refractivity contribution in [3.8, 4) is 0 Å². The quantitative estimate of drug-likeness (QED) is 0.786. The third-order valence-corrected chi connectivity index (χ3v) is 4.81. The molecule has 0 aliphatic heterocycles. The van der Waals surface area contributed by atoms with E-state index >= 15 is 0 Å². The van der Waals surface area contributed by atoms with Gasteiger partial charge in [-0.2, -0.15) is 0 Å². The molecule has 0 saturated heterocycles. The molecule has 0 radical (unpaired) electrons. The van der Waals surface area contributed by atoms with Crippen LogP contribution >= 0.6 is 0 Å². The van der Waals surface area contributed by atoms with Gasteiger partial charge < -0.3 is 0 Å². The standard InChI is InChI=1S/C17H22O/c1-11-5-12(2)7-14(6-11)10-17(18)16-9-13-3-4-15(16)8-13/h5-7,13,15-16H,3-4,8-10H2,1-2H3. The first kappa shape index (κ1) is 12.0. The molecule has 0 N–H and O–H groups in total. The van der Waals surface area contributed by atoms with Gasteiger partial charge in [0.15, 0.2) is 0 Å². The van der Waals surface area contributed by atoms with E-state index in [1.165, 1.54) is 42.4 Å². The van der Waals surface area contributed by atoms with Gasteiger partial charge in [0, 0.05) is 12.3 Å². The lowest BCUT2D eigenvalue weighted by molar-refractivity contribution is -0.123. The van der Waals surface area contributed by atoms with Crippen molar-refractivity contribution in [2.24, 2.45) is 17.8 Å². The molecule has 0 aromatic heterocycles. The number of rotatable bonds is 3. The van der Waals surface area contributed by atoms with Gasteiger partial charge in [0.05, 0.1) is 0 Å². The summed E-state index contributed by atoms with van der Waals surface area (Å²) in [5.74, 6) is 2.45. The van der Waals surface area contributed by atoms with E-state index in [1.807, 2.05) is 0 Å². The third kappa shape index (κ3) is 2.23. The summed E-state index contributed by atoms with van der Waals surface area (Å²) < 4.78 is 0. The number of fused-ring (bicyclic) bond motifs is 2. The summed E-state index contributed by atoms with van der Waals surface area (Å²) in [4.78, 5) is 12.4. The highest BCUT2D eigenvalue weighted by Crippen LogP contribution is 2.48.